The first-order valence-electron chi connectivity index (χ1n) is 5.85. The van der Waals surface area contributed by atoms with Crippen molar-refractivity contribution in [3.05, 3.63) is 52.3 Å². The Labute approximate surface area is 128 Å². The summed E-state index contributed by atoms with van der Waals surface area (Å²) in [6.07, 6.45) is 2.87. The summed E-state index contributed by atoms with van der Waals surface area (Å²) in [6.45, 7) is 0. The third-order valence-electron chi connectivity index (χ3n) is 2.71. The summed E-state index contributed by atoms with van der Waals surface area (Å²) in [5.74, 6) is -1.30. The number of rotatable bonds is 4. The van der Waals surface area contributed by atoms with Crippen LogP contribution in [-0.2, 0) is 0 Å². The second-order valence-corrected chi connectivity index (χ2v) is 4.94. The van der Waals surface area contributed by atoms with Crippen molar-refractivity contribution in [2.45, 2.75) is 0 Å². The van der Waals surface area contributed by atoms with Crippen molar-refractivity contribution in [3.8, 4) is 5.75 Å². The van der Waals surface area contributed by atoms with Gasteiger partial charge in [0, 0.05) is 10.7 Å². The van der Waals surface area contributed by atoms with E-state index in [1.165, 1.54) is 37.7 Å². The average Bonchev–Trinajstić information content (AvgIpc) is 2.48. The fourth-order valence-electron chi connectivity index (χ4n) is 1.72. The number of nitrogens with zero attached hydrogens (tertiary/aromatic N) is 1. The Hall–Kier alpha value is -2.41. The lowest BCUT2D eigenvalue weighted by Crippen LogP contribution is -2.15. The number of halogens is 1. The molecule has 2 rings (SSSR count). The number of hydrogen-bond acceptors (Lipinski definition) is 4. The average molecular weight is 351 g/mol. The molecule has 0 fully saturated rings. The largest absolute Gasteiger partial charge is 0.494 e. The molecule has 0 aliphatic rings. The second kappa shape index (κ2) is 6.36. The Morgan fingerprint density at radius 1 is 1.29 bits per heavy atom. The van der Waals surface area contributed by atoms with E-state index in [1.54, 1.807) is 6.07 Å². The van der Waals surface area contributed by atoms with Gasteiger partial charge in [0.2, 0.25) is 0 Å². The molecule has 0 aliphatic heterocycles. The van der Waals surface area contributed by atoms with Gasteiger partial charge >= 0.3 is 5.97 Å². The topological polar surface area (TPSA) is 88.5 Å². The van der Waals surface area contributed by atoms with Crippen LogP contribution in [0.2, 0.25) is 0 Å². The van der Waals surface area contributed by atoms with Gasteiger partial charge in [0.15, 0.2) is 0 Å². The van der Waals surface area contributed by atoms with Crippen LogP contribution in [0.5, 0.6) is 5.75 Å². The maximum Gasteiger partial charge on any atom is 0.337 e. The van der Waals surface area contributed by atoms with Gasteiger partial charge in [0.05, 0.1) is 30.1 Å². The number of benzene rings is 1. The van der Waals surface area contributed by atoms with Gasteiger partial charge in [0.1, 0.15) is 5.75 Å². The zero-order valence-electron chi connectivity index (χ0n) is 11.0. The van der Waals surface area contributed by atoms with Gasteiger partial charge in [0.25, 0.3) is 5.91 Å². The van der Waals surface area contributed by atoms with Gasteiger partial charge < -0.3 is 15.2 Å². The highest BCUT2D eigenvalue weighted by atomic mass is 79.9. The molecule has 7 heteroatoms. The minimum atomic E-state index is -1.13. The fourth-order valence-corrected chi connectivity index (χ4v) is 2.08. The van der Waals surface area contributed by atoms with E-state index in [-0.39, 0.29) is 16.8 Å². The van der Waals surface area contributed by atoms with Gasteiger partial charge in [-0.05, 0) is 24.3 Å². The minimum absolute atomic E-state index is 0.00857. The van der Waals surface area contributed by atoms with Crippen LogP contribution >= 0.6 is 15.9 Å². The number of nitrogens with one attached hydrogen (secondary N) is 1. The van der Waals surface area contributed by atoms with E-state index in [4.69, 9.17) is 9.84 Å². The molecule has 2 N–H and O–H groups in total. The highest BCUT2D eigenvalue weighted by Crippen LogP contribution is 2.23. The number of aromatic nitrogens is 1. The van der Waals surface area contributed by atoms with E-state index >= 15 is 0 Å². The van der Waals surface area contributed by atoms with Gasteiger partial charge in [-0.3, -0.25) is 9.78 Å². The molecule has 6 nitrogen and oxygen atoms in total. The first-order chi connectivity index (χ1) is 10.0. The summed E-state index contributed by atoms with van der Waals surface area (Å²) in [6, 6.07) is 6.07. The first kappa shape index (κ1) is 15.0. The van der Waals surface area contributed by atoms with E-state index in [2.05, 4.69) is 26.2 Å². The van der Waals surface area contributed by atoms with E-state index in [0.29, 0.717) is 10.2 Å². The molecule has 0 radical (unpaired) electrons. The minimum Gasteiger partial charge on any atom is -0.494 e. The Bertz CT molecular complexity index is 703. The number of anilines is 1. The quantitative estimate of drug-likeness (QED) is 0.884. The van der Waals surface area contributed by atoms with Crippen LogP contribution in [0, 0.1) is 0 Å². The molecular weight excluding hydrogens is 340 g/mol. The lowest BCUT2D eigenvalue weighted by atomic mass is 10.1. The third-order valence-corrected chi connectivity index (χ3v) is 3.20. The number of carbonyl (C=O) groups is 2. The van der Waals surface area contributed by atoms with Crippen molar-refractivity contribution < 1.29 is 19.4 Å². The summed E-state index contributed by atoms with van der Waals surface area (Å²) in [5.41, 5.74) is 0.465. The highest BCUT2D eigenvalue weighted by molar-refractivity contribution is 9.10. The predicted octanol–water partition coefficient (Wildman–Crippen LogP) is 2.80. The molecule has 2 aromatic rings. The third kappa shape index (κ3) is 3.38. The zero-order chi connectivity index (χ0) is 15.4. The van der Waals surface area contributed by atoms with E-state index in [1.807, 2.05) is 0 Å². The van der Waals surface area contributed by atoms with Crippen LogP contribution in [0.3, 0.4) is 0 Å². The number of amides is 1. The van der Waals surface area contributed by atoms with Crippen LogP contribution in [0.4, 0.5) is 5.69 Å². The van der Waals surface area contributed by atoms with Gasteiger partial charge in [-0.15, -0.1) is 0 Å². The molecule has 0 atom stereocenters. The highest BCUT2D eigenvalue weighted by Gasteiger charge is 2.16. The number of pyridine rings is 1. The number of carbonyl (C=O) groups excluding carboxylic acids is 1. The van der Waals surface area contributed by atoms with Crippen LogP contribution < -0.4 is 10.1 Å². The van der Waals surface area contributed by atoms with Crippen molar-refractivity contribution in [3.63, 3.8) is 0 Å². The van der Waals surface area contributed by atoms with Crippen LogP contribution in [0.15, 0.2) is 41.1 Å². The Morgan fingerprint density at radius 2 is 2.05 bits per heavy atom. The fraction of sp³-hybridized carbons (Fsp3) is 0.0714. The van der Waals surface area contributed by atoms with E-state index in [9.17, 15) is 9.59 Å². The summed E-state index contributed by atoms with van der Waals surface area (Å²) >= 11 is 3.19. The maximum atomic E-state index is 12.2. The van der Waals surface area contributed by atoms with Crippen molar-refractivity contribution in [2.24, 2.45) is 0 Å². The molecule has 0 aliphatic carbocycles. The molecule has 0 spiro atoms. The number of hydrogen-bond donors (Lipinski definition) is 2. The van der Waals surface area contributed by atoms with Crippen LogP contribution in [-0.4, -0.2) is 29.1 Å². The van der Waals surface area contributed by atoms with Crippen molar-refractivity contribution in [2.75, 3.05) is 12.4 Å². The molecular formula is C14H11BrN2O4. The standard InChI is InChI=1S/C14H11BrN2O4/c1-21-12-7-16-5-4-9(12)13(18)17-11-3-2-8(15)6-10(11)14(19)20/h2-7H,1H3,(H,17,18)(H,19,20). The number of ether oxygens (including phenoxy) is 1. The summed E-state index contributed by atoms with van der Waals surface area (Å²) in [5, 5.41) is 11.7. The van der Waals surface area contributed by atoms with Crippen molar-refractivity contribution >= 4 is 33.5 Å². The van der Waals surface area contributed by atoms with Crippen molar-refractivity contribution in [1.29, 1.82) is 0 Å². The molecule has 0 unspecified atom stereocenters. The SMILES string of the molecule is COc1cnccc1C(=O)Nc1ccc(Br)cc1C(=O)O. The van der Waals surface area contributed by atoms with E-state index < -0.39 is 11.9 Å². The number of carboxylic acid groups (broad SMARTS) is 1. The normalized spacial score (nSPS) is 10.0. The number of carboxylic acids is 1. The van der Waals surface area contributed by atoms with Gasteiger partial charge in [-0.1, -0.05) is 15.9 Å². The number of methoxy groups -OCH3 is 1. The molecule has 1 amide bonds. The van der Waals surface area contributed by atoms with Gasteiger partial charge in [-0.25, -0.2) is 4.79 Å². The summed E-state index contributed by atoms with van der Waals surface area (Å²) < 4.78 is 5.66. The zero-order valence-corrected chi connectivity index (χ0v) is 12.5. The summed E-state index contributed by atoms with van der Waals surface area (Å²) in [4.78, 5) is 27.3. The smallest absolute Gasteiger partial charge is 0.337 e. The van der Waals surface area contributed by atoms with E-state index in [0.717, 1.165) is 0 Å². The Morgan fingerprint density at radius 3 is 2.71 bits per heavy atom. The molecule has 0 saturated carbocycles. The molecule has 21 heavy (non-hydrogen) atoms. The Kier molecular flexibility index (Phi) is 4.54. The molecule has 1 heterocycles. The lowest BCUT2D eigenvalue weighted by molar-refractivity contribution is 0.0698. The summed E-state index contributed by atoms with van der Waals surface area (Å²) in [7, 11) is 1.43. The molecule has 1 aromatic heterocycles. The lowest BCUT2D eigenvalue weighted by Gasteiger charge is -2.11. The van der Waals surface area contributed by atoms with Gasteiger partial charge in [-0.2, -0.15) is 0 Å². The number of aromatic carboxylic acids is 1. The van der Waals surface area contributed by atoms with Crippen molar-refractivity contribution in [1.82, 2.24) is 4.98 Å². The van der Waals surface area contributed by atoms with Crippen LogP contribution in [0.25, 0.3) is 0 Å². The molecule has 1 aromatic carbocycles. The second-order valence-electron chi connectivity index (χ2n) is 4.03. The first-order valence-corrected chi connectivity index (χ1v) is 6.64. The molecule has 108 valence electrons. The molecule has 0 saturated heterocycles. The monoisotopic (exact) mass is 350 g/mol. The molecule has 0 bridgehead atoms. The predicted molar refractivity (Wildman–Crippen MR) is 79.8 cm³/mol. The Balaban J connectivity index is 2.34. The maximum absolute atomic E-state index is 12.2. The van der Waals surface area contributed by atoms with Crippen LogP contribution in [0.1, 0.15) is 20.7 Å².